The molecule has 0 N–H and O–H groups in total. The van der Waals surface area contributed by atoms with Crippen LogP contribution in [0.15, 0.2) is 30.3 Å². The third-order valence-electron chi connectivity index (χ3n) is 2.50. The highest BCUT2D eigenvalue weighted by molar-refractivity contribution is 6.35. The molecule has 0 aliphatic heterocycles. The number of halogens is 7. The summed E-state index contributed by atoms with van der Waals surface area (Å²) >= 11 is 11.5. The van der Waals surface area contributed by atoms with Crippen LogP contribution in [0.4, 0.5) is 22.0 Å². The lowest BCUT2D eigenvalue weighted by molar-refractivity contribution is -0.141. The van der Waals surface area contributed by atoms with E-state index in [-0.39, 0.29) is 15.6 Å². The average Bonchev–Trinajstić information content (AvgIpc) is 2.35. The molecule has 22 heavy (non-hydrogen) atoms. The maximum atomic E-state index is 12.7. The van der Waals surface area contributed by atoms with Gasteiger partial charge in [0.15, 0.2) is 5.75 Å². The summed E-state index contributed by atoms with van der Waals surface area (Å²) in [7, 11) is 0. The molecule has 1 heterocycles. The molecule has 1 aromatic carbocycles. The number of ether oxygens (including phenoxy) is 1. The van der Waals surface area contributed by atoms with Crippen LogP contribution < -0.4 is 4.74 Å². The molecule has 0 amide bonds. The Kier molecular flexibility index (Phi) is 4.77. The lowest BCUT2D eigenvalue weighted by atomic mass is 10.1. The Morgan fingerprint density at radius 1 is 1.00 bits per heavy atom. The second-order valence-corrected chi connectivity index (χ2v) is 4.95. The van der Waals surface area contributed by atoms with Crippen LogP contribution in [-0.4, -0.2) is 11.6 Å². The summed E-state index contributed by atoms with van der Waals surface area (Å²) in [6.07, 6.45) is -4.74. The van der Waals surface area contributed by atoms with Crippen molar-refractivity contribution in [2.24, 2.45) is 0 Å². The van der Waals surface area contributed by atoms with Gasteiger partial charge in [0.1, 0.15) is 11.4 Å². The van der Waals surface area contributed by atoms with Crippen LogP contribution in [0, 0.1) is 0 Å². The predicted octanol–water partition coefficient (Wildman–Crippen LogP) is 5.68. The first-order chi connectivity index (χ1) is 10.2. The first kappa shape index (κ1) is 16.8. The Labute approximate surface area is 131 Å². The normalized spacial score (nSPS) is 11.8. The van der Waals surface area contributed by atoms with Crippen LogP contribution in [0.25, 0.3) is 11.3 Å². The van der Waals surface area contributed by atoms with Crippen LogP contribution in [0.5, 0.6) is 5.75 Å². The SMILES string of the molecule is FC(F)Oc1ccc(C(F)(F)F)nc1-c1cc(Cl)cc(Cl)c1. The second-order valence-electron chi connectivity index (χ2n) is 4.08. The summed E-state index contributed by atoms with van der Waals surface area (Å²) in [6, 6.07) is 5.15. The van der Waals surface area contributed by atoms with Crippen molar-refractivity contribution in [3.05, 3.63) is 46.1 Å². The van der Waals surface area contributed by atoms with Crippen molar-refractivity contribution in [2.75, 3.05) is 0 Å². The van der Waals surface area contributed by atoms with Gasteiger partial charge >= 0.3 is 12.8 Å². The fraction of sp³-hybridized carbons (Fsp3) is 0.154. The van der Waals surface area contributed by atoms with Crippen LogP contribution in [0.2, 0.25) is 10.0 Å². The molecule has 0 spiro atoms. The number of pyridine rings is 1. The molecule has 0 saturated carbocycles. The highest BCUT2D eigenvalue weighted by Crippen LogP contribution is 2.36. The molecule has 0 aliphatic rings. The highest BCUT2D eigenvalue weighted by atomic mass is 35.5. The number of benzene rings is 1. The zero-order valence-electron chi connectivity index (χ0n) is 10.5. The molecule has 1 aromatic heterocycles. The molecule has 0 aliphatic carbocycles. The number of hydrogen-bond acceptors (Lipinski definition) is 2. The second kappa shape index (κ2) is 6.26. The molecule has 0 atom stereocenters. The van der Waals surface area contributed by atoms with Crippen LogP contribution in [0.1, 0.15) is 5.69 Å². The maximum Gasteiger partial charge on any atom is 0.433 e. The van der Waals surface area contributed by atoms with E-state index in [0.717, 1.165) is 6.07 Å². The van der Waals surface area contributed by atoms with E-state index in [0.29, 0.717) is 6.07 Å². The van der Waals surface area contributed by atoms with Crippen molar-refractivity contribution in [3.8, 4) is 17.0 Å². The van der Waals surface area contributed by atoms with Gasteiger partial charge in [-0.15, -0.1) is 0 Å². The molecule has 0 saturated heterocycles. The number of rotatable bonds is 3. The Morgan fingerprint density at radius 3 is 2.09 bits per heavy atom. The van der Waals surface area contributed by atoms with Crippen LogP contribution in [0.3, 0.4) is 0 Å². The van der Waals surface area contributed by atoms with Gasteiger partial charge in [0, 0.05) is 15.6 Å². The zero-order chi connectivity index (χ0) is 16.5. The van der Waals surface area contributed by atoms with Crippen LogP contribution in [-0.2, 0) is 6.18 Å². The number of hydrogen-bond donors (Lipinski definition) is 0. The van der Waals surface area contributed by atoms with Crippen molar-refractivity contribution in [1.29, 1.82) is 0 Å². The van der Waals surface area contributed by atoms with Crippen molar-refractivity contribution in [3.63, 3.8) is 0 Å². The van der Waals surface area contributed by atoms with E-state index in [2.05, 4.69) is 9.72 Å². The van der Waals surface area contributed by atoms with Gasteiger partial charge in [-0.1, -0.05) is 23.2 Å². The van der Waals surface area contributed by atoms with E-state index in [9.17, 15) is 22.0 Å². The van der Waals surface area contributed by atoms with Crippen molar-refractivity contribution in [2.45, 2.75) is 12.8 Å². The zero-order valence-corrected chi connectivity index (χ0v) is 12.0. The molecule has 0 fully saturated rings. The predicted molar refractivity (Wildman–Crippen MR) is 71.3 cm³/mol. The minimum absolute atomic E-state index is 0.0271. The van der Waals surface area contributed by atoms with Crippen molar-refractivity contribution >= 4 is 23.2 Å². The van der Waals surface area contributed by atoms with E-state index in [4.69, 9.17) is 23.2 Å². The molecule has 2 rings (SSSR count). The smallest absolute Gasteiger partial charge is 0.432 e. The summed E-state index contributed by atoms with van der Waals surface area (Å²) in [6.45, 7) is -3.22. The van der Waals surface area contributed by atoms with Gasteiger partial charge < -0.3 is 4.74 Å². The van der Waals surface area contributed by atoms with Gasteiger partial charge in [-0.25, -0.2) is 4.98 Å². The molecule has 2 aromatic rings. The summed E-state index contributed by atoms with van der Waals surface area (Å²) in [5, 5.41) is 0.231. The molecule has 9 heteroatoms. The van der Waals surface area contributed by atoms with Gasteiger partial charge in [-0.05, 0) is 30.3 Å². The molecular weight excluding hydrogens is 352 g/mol. The minimum Gasteiger partial charge on any atom is -0.432 e. The first-order valence-electron chi connectivity index (χ1n) is 5.66. The minimum atomic E-state index is -4.74. The van der Waals surface area contributed by atoms with Gasteiger partial charge in [0.2, 0.25) is 0 Å². The van der Waals surface area contributed by atoms with Crippen molar-refractivity contribution in [1.82, 2.24) is 4.98 Å². The quantitative estimate of drug-likeness (QED) is 0.659. The van der Waals surface area contributed by atoms with E-state index in [1.54, 1.807) is 0 Å². The van der Waals surface area contributed by atoms with Gasteiger partial charge in [0.05, 0.1) is 0 Å². The highest BCUT2D eigenvalue weighted by Gasteiger charge is 2.33. The molecule has 2 nitrogen and oxygen atoms in total. The van der Waals surface area contributed by atoms with Gasteiger partial charge in [0.25, 0.3) is 0 Å². The Morgan fingerprint density at radius 2 is 1.59 bits per heavy atom. The van der Waals surface area contributed by atoms with E-state index in [1.807, 2.05) is 0 Å². The third-order valence-corrected chi connectivity index (χ3v) is 2.94. The number of alkyl halides is 5. The number of aromatic nitrogens is 1. The largest absolute Gasteiger partial charge is 0.433 e. The van der Waals surface area contributed by atoms with E-state index in [1.165, 1.54) is 18.2 Å². The lowest BCUT2D eigenvalue weighted by Crippen LogP contribution is -2.10. The fourth-order valence-corrected chi connectivity index (χ4v) is 2.22. The van der Waals surface area contributed by atoms with Gasteiger partial charge in [-0.3, -0.25) is 0 Å². The Hall–Kier alpha value is -1.60. The Balaban J connectivity index is 2.63. The maximum absolute atomic E-state index is 12.7. The summed E-state index contributed by atoms with van der Waals surface area (Å²) in [4.78, 5) is 3.35. The first-order valence-corrected chi connectivity index (χ1v) is 6.42. The van der Waals surface area contributed by atoms with E-state index < -0.39 is 29.9 Å². The average molecular weight is 358 g/mol. The fourth-order valence-electron chi connectivity index (χ4n) is 1.69. The van der Waals surface area contributed by atoms with Crippen LogP contribution >= 0.6 is 23.2 Å². The molecule has 0 unspecified atom stereocenters. The topological polar surface area (TPSA) is 22.1 Å². The number of nitrogens with zero attached hydrogens (tertiary/aromatic N) is 1. The van der Waals surface area contributed by atoms with Crippen molar-refractivity contribution < 1.29 is 26.7 Å². The third kappa shape index (κ3) is 3.98. The summed E-state index contributed by atoms with van der Waals surface area (Å²) in [5.41, 5.74) is -1.65. The monoisotopic (exact) mass is 357 g/mol. The molecule has 118 valence electrons. The summed E-state index contributed by atoms with van der Waals surface area (Å²) in [5.74, 6) is -0.513. The molecular formula is C13H6Cl2F5NO. The molecule has 0 bridgehead atoms. The standard InChI is InChI=1S/C13H6Cl2F5NO/c14-7-3-6(4-8(15)5-7)11-9(22-12(16)17)1-2-10(21-11)13(18,19)20/h1-5,12H. The van der Waals surface area contributed by atoms with Gasteiger partial charge in [-0.2, -0.15) is 22.0 Å². The van der Waals surface area contributed by atoms with E-state index >= 15 is 0 Å². The summed E-state index contributed by atoms with van der Waals surface area (Å²) < 4.78 is 67.2. The molecule has 0 radical (unpaired) electrons. The Bertz CT molecular complexity index is 670. The lowest BCUT2D eigenvalue weighted by Gasteiger charge is -2.13.